The summed E-state index contributed by atoms with van der Waals surface area (Å²) in [6.45, 7) is 1.22. The summed E-state index contributed by atoms with van der Waals surface area (Å²) in [5, 5.41) is 7.69. The maximum absolute atomic E-state index is 11.9. The largest absolute Gasteiger partial charge is 0.461 e. The molecule has 0 aliphatic heterocycles. The van der Waals surface area contributed by atoms with E-state index in [1.165, 1.54) is 6.92 Å². The van der Waals surface area contributed by atoms with Crippen molar-refractivity contribution in [3.05, 3.63) is 0 Å². The molecular weight excluding hydrogens is 144 g/mol. The van der Waals surface area contributed by atoms with E-state index in [1.54, 1.807) is 0 Å². The normalized spacial score (nSPS) is 10.2. The average Bonchev–Trinajstić information content (AvgIpc) is 1.89. The second-order valence-electron chi connectivity index (χ2n) is 1.41. The van der Waals surface area contributed by atoms with Crippen LogP contribution in [0.1, 0.15) is 6.92 Å². The third-order valence-corrected chi connectivity index (χ3v) is 0.672. The Balaban J connectivity index is 4.09. The van der Waals surface area contributed by atoms with Crippen LogP contribution in [0.5, 0.6) is 0 Å². The summed E-state index contributed by atoms with van der Waals surface area (Å²) in [6.07, 6.45) is 0. The molecule has 0 unspecified atom stereocenters. The van der Waals surface area contributed by atoms with Crippen LogP contribution in [-0.2, 0) is 9.53 Å². The van der Waals surface area contributed by atoms with Gasteiger partial charge in [0.05, 0.1) is 6.61 Å². The lowest BCUT2D eigenvalue weighted by Gasteiger charge is -2.04. The Kier molecular flexibility index (Phi) is 2.74. The summed E-state index contributed by atoms with van der Waals surface area (Å²) in [5.74, 6) is -5.80. The number of esters is 1. The van der Waals surface area contributed by atoms with E-state index in [0.717, 1.165) is 0 Å². The molecule has 0 spiro atoms. The minimum absolute atomic E-state index is 0.157. The fraction of sp³-hybridized carbons (Fsp3) is 0.600. The number of rotatable bonds is 2. The smallest absolute Gasteiger partial charge is 0.426 e. The molecule has 0 rings (SSSR count). The van der Waals surface area contributed by atoms with Crippen LogP contribution in [0.15, 0.2) is 0 Å². The molecule has 0 saturated heterocycles. The molecule has 0 heterocycles. The van der Waals surface area contributed by atoms with Crippen molar-refractivity contribution in [2.45, 2.75) is 12.8 Å². The summed E-state index contributed by atoms with van der Waals surface area (Å²) in [5.41, 5.74) is 0. The Morgan fingerprint density at radius 3 is 2.60 bits per heavy atom. The molecule has 0 aromatic rings. The van der Waals surface area contributed by atoms with Gasteiger partial charge in [-0.1, -0.05) is 0 Å². The third-order valence-electron chi connectivity index (χ3n) is 0.672. The number of nitriles is 1. The van der Waals surface area contributed by atoms with Crippen molar-refractivity contribution in [1.82, 2.24) is 0 Å². The molecule has 5 heteroatoms. The standard InChI is InChI=1S/C5H5F2NO2/c1-2-10-4(9)5(6,7)3-8/h2H2,1H3. The Hall–Kier alpha value is -1.18. The highest BCUT2D eigenvalue weighted by molar-refractivity contribution is 5.80. The second kappa shape index (κ2) is 3.11. The zero-order chi connectivity index (χ0) is 8.20. The fourth-order valence-corrected chi connectivity index (χ4v) is 0.267. The number of carbonyl (C=O) groups excluding carboxylic acids is 1. The van der Waals surface area contributed by atoms with Gasteiger partial charge in [0.25, 0.3) is 0 Å². The van der Waals surface area contributed by atoms with Crippen LogP contribution in [0.25, 0.3) is 0 Å². The Morgan fingerprint density at radius 2 is 2.30 bits per heavy atom. The van der Waals surface area contributed by atoms with Gasteiger partial charge in [0, 0.05) is 0 Å². The lowest BCUT2D eigenvalue weighted by atomic mass is 10.4. The van der Waals surface area contributed by atoms with E-state index in [9.17, 15) is 13.6 Å². The van der Waals surface area contributed by atoms with Crippen molar-refractivity contribution >= 4 is 5.97 Å². The molecule has 10 heavy (non-hydrogen) atoms. The van der Waals surface area contributed by atoms with Crippen LogP contribution in [0.3, 0.4) is 0 Å². The van der Waals surface area contributed by atoms with Crippen LogP contribution >= 0.6 is 0 Å². The zero-order valence-electron chi connectivity index (χ0n) is 5.23. The van der Waals surface area contributed by atoms with Crippen molar-refractivity contribution in [3.63, 3.8) is 0 Å². The predicted molar refractivity (Wildman–Crippen MR) is 27.2 cm³/mol. The Labute approximate surface area is 56.2 Å². The van der Waals surface area contributed by atoms with Gasteiger partial charge in [-0.05, 0) is 6.92 Å². The molecule has 0 N–H and O–H groups in total. The van der Waals surface area contributed by atoms with Crippen molar-refractivity contribution in [3.8, 4) is 6.07 Å². The number of alkyl halides is 2. The van der Waals surface area contributed by atoms with Crippen LogP contribution in [-0.4, -0.2) is 18.5 Å². The molecule has 0 aromatic heterocycles. The van der Waals surface area contributed by atoms with Crippen molar-refractivity contribution in [2.75, 3.05) is 6.61 Å². The van der Waals surface area contributed by atoms with Crippen molar-refractivity contribution < 1.29 is 18.3 Å². The minimum Gasteiger partial charge on any atom is -0.461 e. The first-order chi connectivity index (χ1) is 4.54. The average molecular weight is 149 g/mol. The summed E-state index contributed by atoms with van der Waals surface area (Å²) < 4.78 is 27.7. The number of halogens is 2. The number of hydrogen-bond acceptors (Lipinski definition) is 3. The van der Waals surface area contributed by atoms with Crippen molar-refractivity contribution in [1.29, 1.82) is 5.26 Å². The second-order valence-corrected chi connectivity index (χ2v) is 1.41. The highest BCUT2D eigenvalue weighted by atomic mass is 19.3. The van der Waals surface area contributed by atoms with Gasteiger partial charge in [0.2, 0.25) is 0 Å². The van der Waals surface area contributed by atoms with Gasteiger partial charge in [-0.25, -0.2) is 4.79 Å². The lowest BCUT2D eigenvalue weighted by Crippen LogP contribution is -2.28. The van der Waals surface area contributed by atoms with Crippen LogP contribution in [0, 0.1) is 11.3 Å². The van der Waals surface area contributed by atoms with Crippen LogP contribution in [0.4, 0.5) is 8.78 Å². The molecule has 3 nitrogen and oxygen atoms in total. The van der Waals surface area contributed by atoms with Gasteiger partial charge >= 0.3 is 11.9 Å². The first kappa shape index (κ1) is 8.82. The molecule has 56 valence electrons. The summed E-state index contributed by atoms with van der Waals surface area (Å²) in [4.78, 5) is 10.1. The number of nitrogens with zero attached hydrogens (tertiary/aromatic N) is 1. The molecule has 0 saturated carbocycles. The van der Waals surface area contributed by atoms with Gasteiger partial charge in [-0.15, -0.1) is 0 Å². The van der Waals surface area contributed by atoms with E-state index in [0.29, 0.717) is 6.07 Å². The van der Waals surface area contributed by atoms with E-state index in [2.05, 4.69) is 4.74 Å². The Morgan fingerprint density at radius 1 is 1.80 bits per heavy atom. The molecule has 0 fully saturated rings. The van der Waals surface area contributed by atoms with Gasteiger partial charge in [-0.3, -0.25) is 0 Å². The van der Waals surface area contributed by atoms with Crippen LogP contribution < -0.4 is 0 Å². The topological polar surface area (TPSA) is 50.1 Å². The highest BCUT2D eigenvalue weighted by Crippen LogP contribution is 2.12. The fourth-order valence-electron chi connectivity index (χ4n) is 0.267. The molecule has 0 aromatic carbocycles. The van der Waals surface area contributed by atoms with Gasteiger partial charge in [-0.2, -0.15) is 14.0 Å². The predicted octanol–water partition coefficient (Wildman–Crippen LogP) is 0.708. The van der Waals surface area contributed by atoms with E-state index in [1.807, 2.05) is 0 Å². The summed E-state index contributed by atoms with van der Waals surface area (Å²) in [6, 6.07) is 0.518. The molecule has 0 bridgehead atoms. The zero-order valence-corrected chi connectivity index (χ0v) is 5.23. The Bertz CT molecular complexity index is 173. The van der Waals surface area contributed by atoms with Crippen molar-refractivity contribution in [2.24, 2.45) is 0 Å². The third kappa shape index (κ3) is 1.97. The number of carbonyl (C=O) groups is 1. The van der Waals surface area contributed by atoms with Crippen LogP contribution in [0.2, 0.25) is 0 Å². The van der Waals surface area contributed by atoms with E-state index in [4.69, 9.17) is 5.26 Å². The number of ether oxygens (including phenoxy) is 1. The van der Waals surface area contributed by atoms with E-state index >= 15 is 0 Å². The van der Waals surface area contributed by atoms with Gasteiger partial charge in [0.15, 0.2) is 6.07 Å². The monoisotopic (exact) mass is 149 g/mol. The summed E-state index contributed by atoms with van der Waals surface area (Å²) >= 11 is 0. The minimum atomic E-state index is -4.00. The molecule has 0 radical (unpaired) electrons. The van der Waals surface area contributed by atoms with Gasteiger partial charge < -0.3 is 4.74 Å². The molecule has 0 aliphatic rings. The molecular formula is C5H5F2NO2. The number of hydrogen-bond donors (Lipinski definition) is 0. The van der Waals surface area contributed by atoms with Gasteiger partial charge in [0.1, 0.15) is 0 Å². The summed E-state index contributed by atoms with van der Waals surface area (Å²) in [7, 11) is 0. The quantitative estimate of drug-likeness (QED) is 0.543. The molecule has 0 aliphatic carbocycles. The first-order valence-electron chi connectivity index (χ1n) is 2.51. The van der Waals surface area contributed by atoms with E-state index in [-0.39, 0.29) is 6.61 Å². The first-order valence-corrected chi connectivity index (χ1v) is 2.51. The SMILES string of the molecule is CCOC(=O)C(F)(F)C#N. The van der Waals surface area contributed by atoms with E-state index < -0.39 is 11.9 Å². The lowest BCUT2D eigenvalue weighted by molar-refractivity contribution is -0.163. The molecule has 0 amide bonds. The maximum atomic E-state index is 11.9. The maximum Gasteiger partial charge on any atom is 0.426 e. The molecule has 0 atom stereocenters. The highest BCUT2D eigenvalue weighted by Gasteiger charge is 2.40.